The molecule has 4 heteroatoms. The monoisotopic (exact) mass is 382 g/mol. The van der Waals surface area contributed by atoms with Gasteiger partial charge in [0.2, 0.25) is 5.78 Å². The fourth-order valence-electron chi connectivity index (χ4n) is 3.66. The number of ketones is 1. The quantitative estimate of drug-likeness (QED) is 0.419. The Morgan fingerprint density at radius 2 is 1.79 bits per heavy atom. The first-order valence-electron chi connectivity index (χ1n) is 9.40. The van der Waals surface area contributed by atoms with Gasteiger partial charge in [0, 0.05) is 22.6 Å². The summed E-state index contributed by atoms with van der Waals surface area (Å²) in [6, 6.07) is 20.8. The van der Waals surface area contributed by atoms with E-state index in [9.17, 15) is 4.79 Å². The van der Waals surface area contributed by atoms with E-state index < -0.39 is 0 Å². The molecular weight excluding hydrogens is 364 g/mol. The van der Waals surface area contributed by atoms with Gasteiger partial charge in [0.15, 0.2) is 5.76 Å². The first kappa shape index (κ1) is 17.3. The molecule has 29 heavy (non-hydrogen) atoms. The van der Waals surface area contributed by atoms with E-state index in [2.05, 4.69) is 6.07 Å². The zero-order chi connectivity index (χ0) is 19.8. The zero-order valence-corrected chi connectivity index (χ0v) is 15.8. The summed E-state index contributed by atoms with van der Waals surface area (Å²) in [4.78, 5) is 13.4. The molecule has 0 atom stereocenters. The van der Waals surface area contributed by atoms with E-state index in [-0.39, 0.29) is 5.78 Å². The summed E-state index contributed by atoms with van der Waals surface area (Å²) in [5, 5.41) is 0.908. The maximum absolute atomic E-state index is 13.4. The normalized spacial score (nSPS) is 12.4. The lowest BCUT2D eigenvalue weighted by Crippen LogP contribution is -2.01. The minimum absolute atomic E-state index is 0.167. The molecule has 0 spiro atoms. The largest absolute Gasteiger partial charge is 0.497 e. The lowest BCUT2D eigenvalue weighted by Gasteiger charge is -2.11. The van der Waals surface area contributed by atoms with Gasteiger partial charge in [0.25, 0.3) is 0 Å². The molecule has 4 aromatic rings. The Morgan fingerprint density at radius 1 is 1.00 bits per heavy atom. The Labute approximate surface area is 168 Å². The fraction of sp³-hybridized carbons (Fsp3) is 0.0800. The van der Waals surface area contributed by atoms with Gasteiger partial charge in [-0.25, -0.2) is 0 Å². The van der Waals surface area contributed by atoms with Gasteiger partial charge in [0.05, 0.1) is 13.4 Å². The minimum Gasteiger partial charge on any atom is -0.497 e. The van der Waals surface area contributed by atoms with Crippen LogP contribution in [0.25, 0.3) is 22.1 Å². The predicted octanol–water partition coefficient (Wildman–Crippen LogP) is 5.79. The van der Waals surface area contributed by atoms with Crippen molar-refractivity contribution in [3.8, 4) is 22.6 Å². The summed E-state index contributed by atoms with van der Waals surface area (Å²) >= 11 is 0. The Morgan fingerprint density at radius 3 is 2.55 bits per heavy atom. The fourth-order valence-corrected chi connectivity index (χ4v) is 3.66. The third-order valence-corrected chi connectivity index (χ3v) is 5.12. The molecule has 1 aliphatic heterocycles. The van der Waals surface area contributed by atoms with E-state index in [0.717, 1.165) is 34.2 Å². The highest BCUT2D eigenvalue weighted by molar-refractivity contribution is 6.15. The third kappa shape index (κ3) is 2.99. The molecule has 3 aromatic carbocycles. The van der Waals surface area contributed by atoms with E-state index in [0.29, 0.717) is 22.7 Å². The second-order valence-corrected chi connectivity index (χ2v) is 6.88. The summed E-state index contributed by atoms with van der Waals surface area (Å²) in [7, 11) is 1.60. The Bertz CT molecular complexity index is 1230. The third-order valence-electron chi connectivity index (χ3n) is 5.12. The highest BCUT2D eigenvalue weighted by Crippen LogP contribution is 2.40. The number of carbonyl (C=O) groups excluding carboxylic acids is 1. The summed E-state index contributed by atoms with van der Waals surface area (Å²) in [5.41, 5.74) is 4.00. The average molecular weight is 382 g/mol. The van der Waals surface area contributed by atoms with Gasteiger partial charge < -0.3 is 13.9 Å². The van der Waals surface area contributed by atoms with Gasteiger partial charge >= 0.3 is 0 Å². The molecule has 0 amide bonds. The molecule has 0 bridgehead atoms. The van der Waals surface area contributed by atoms with Crippen LogP contribution in [0.2, 0.25) is 0 Å². The summed E-state index contributed by atoms with van der Waals surface area (Å²) in [6.07, 6.45) is 4.44. The van der Waals surface area contributed by atoms with Crippen LogP contribution in [-0.4, -0.2) is 12.9 Å². The summed E-state index contributed by atoms with van der Waals surface area (Å²) in [5.74, 6) is 1.62. The molecule has 0 fully saturated rings. The van der Waals surface area contributed by atoms with Crippen molar-refractivity contribution < 1.29 is 18.7 Å². The Hall–Kier alpha value is -3.79. The number of furan rings is 1. The lowest BCUT2D eigenvalue weighted by molar-refractivity contribution is 0.101. The number of fused-ring (bicyclic) bond motifs is 2. The first-order valence-corrected chi connectivity index (χ1v) is 9.40. The van der Waals surface area contributed by atoms with Crippen molar-refractivity contribution in [1.29, 1.82) is 0 Å². The highest BCUT2D eigenvalue weighted by Gasteiger charge is 2.24. The van der Waals surface area contributed by atoms with Crippen LogP contribution in [0.1, 0.15) is 21.7 Å². The number of ether oxygens (including phenoxy) is 2. The predicted molar refractivity (Wildman–Crippen MR) is 112 cm³/mol. The molecule has 0 unspecified atom stereocenters. The van der Waals surface area contributed by atoms with Gasteiger partial charge in [0.1, 0.15) is 17.1 Å². The van der Waals surface area contributed by atoms with Crippen LogP contribution in [0.3, 0.4) is 0 Å². The van der Waals surface area contributed by atoms with E-state index in [1.54, 1.807) is 37.6 Å². The van der Waals surface area contributed by atoms with Crippen molar-refractivity contribution in [2.45, 2.75) is 6.42 Å². The number of hydrogen-bond acceptors (Lipinski definition) is 4. The molecule has 2 heterocycles. The smallest absolute Gasteiger partial charge is 0.228 e. The van der Waals surface area contributed by atoms with Crippen molar-refractivity contribution in [2.75, 3.05) is 7.11 Å². The second kappa shape index (κ2) is 6.99. The van der Waals surface area contributed by atoms with Gasteiger partial charge in [-0.3, -0.25) is 4.79 Å². The van der Waals surface area contributed by atoms with Crippen molar-refractivity contribution in [2.24, 2.45) is 0 Å². The van der Waals surface area contributed by atoms with Crippen LogP contribution in [0, 0.1) is 0 Å². The molecule has 0 aliphatic carbocycles. The zero-order valence-electron chi connectivity index (χ0n) is 15.8. The Kier molecular flexibility index (Phi) is 4.17. The molecule has 142 valence electrons. The van der Waals surface area contributed by atoms with Crippen LogP contribution in [0.5, 0.6) is 11.5 Å². The van der Waals surface area contributed by atoms with Gasteiger partial charge in [-0.1, -0.05) is 30.3 Å². The second-order valence-electron chi connectivity index (χ2n) is 6.88. The number of methoxy groups -OCH3 is 1. The number of carbonyl (C=O) groups is 1. The number of rotatable bonds is 4. The van der Waals surface area contributed by atoms with Crippen LogP contribution in [0.4, 0.5) is 0 Å². The molecule has 0 N–H and O–H groups in total. The van der Waals surface area contributed by atoms with E-state index in [4.69, 9.17) is 13.9 Å². The summed E-state index contributed by atoms with van der Waals surface area (Å²) < 4.78 is 16.9. The number of allylic oxidation sites excluding steroid dienone is 1. The standard InChI is InChI=1S/C25H18O4/c1-27-19-11-9-17(10-12-19)24(26)25-23(16-6-3-2-4-7-16)20-14-18-8-5-13-28-21(18)15-22(20)29-25/h2-7,9-15H,8H2,1H3. The maximum Gasteiger partial charge on any atom is 0.228 e. The molecule has 1 aliphatic rings. The minimum atomic E-state index is -0.167. The van der Waals surface area contributed by atoms with Gasteiger partial charge in [-0.15, -0.1) is 0 Å². The van der Waals surface area contributed by atoms with Gasteiger partial charge in [-0.2, -0.15) is 0 Å². The first-order chi connectivity index (χ1) is 14.2. The summed E-state index contributed by atoms with van der Waals surface area (Å²) in [6.45, 7) is 0. The van der Waals surface area contributed by atoms with Crippen LogP contribution < -0.4 is 9.47 Å². The molecule has 5 rings (SSSR count). The Balaban J connectivity index is 1.72. The average Bonchev–Trinajstić information content (AvgIpc) is 3.16. The number of hydrogen-bond donors (Lipinski definition) is 0. The maximum atomic E-state index is 13.4. The highest BCUT2D eigenvalue weighted by atomic mass is 16.5. The van der Waals surface area contributed by atoms with E-state index in [1.807, 2.05) is 42.5 Å². The SMILES string of the molecule is COc1ccc(C(=O)c2oc3cc4c(cc3c2-c2ccccc2)CC=CO4)cc1. The van der Waals surface area contributed by atoms with E-state index >= 15 is 0 Å². The van der Waals surface area contributed by atoms with Gasteiger partial charge in [-0.05, 0) is 54.0 Å². The van der Waals surface area contributed by atoms with Crippen molar-refractivity contribution in [3.63, 3.8) is 0 Å². The van der Waals surface area contributed by atoms with E-state index in [1.165, 1.54) is 0 Å². The molecule has 0 saturated carbocycles. The van der Waals surface area contributed by atoms with Crippen LogP contribution in [-0.2, 0) is 6.42 Å². The molecule has 0 saturated heterocycles. The molecule has 0 radical (unpaired) electrons. The van der Waals surface area contributed by atoms with Crippen molar-refractivity contribution >= 4 is 16.8 Å². The molecule has 4 nitrogen and oxygen atoms in total. The van der Waals surface area contributed by atoms with Crippen LogP contribution >= 0.6 is 0 Å². The lowest BCUT2D eigenvalue weighted by atomic mass is 9.96. The van der Waals surface area contributed by atoms with Crippen molar-refractivity contribution in [3.05, 3.63) is 96.0 Å². The number of benzene rings is 3. The molecular formula is C25H18O4. The molecule has 1 aromatic heterocycles. The topological polar surface area (TPSA) is 48.7 Å². The van der Waals surface area contributed by atoms with Crippen LogP contribution in [0.15, 0.2) is 83.5 Å². The van der Waals surface area contributed by atoms with Crippen molar-refractivity contribution in [1.82, 2.24) is 0 Å².